The van der Waals surface area contributed by atoms with Crippen molar-refractivity contribution in [1.82, 2.24) is 19.9 Å². The first-order chi connectivity index (χ1) is 10.3. The Morgan fingerprint density at radius 3 is 2.64 bits per heavy atom. The molecule has 5 nitrogen and oxygen atoms in total. The van der Waals surface area contributed by atoms with E-state index in [0.717, 1.165) is 25.8 Å². The predicted octanol–water partition coefficient (Wildman–Crippen LogP) is 3.46. The molecule has 22 heavy (non-hydrogen) atoms. The second kappa shape index (κ2) is 6.80. The number of hydrogen-bond donors (Lipinski definition) is 0. The maximum absolute atomic E-state index is 12.9. The number of amides is 1. The van der Waals surface area contributed by atoms with Crippen LogP contribution in [-0.4, -0.2) is 38.4 Å². The van der Waals surface area contributed by atoms with Crippen molar-refractivity contribution in [2.45, 2.75) is 78.3 Å². The molecule has 1 atom stereocenters. The lowest BCUT2D eigenvalue weighted by Crippen LogP contribution is -2.41. The molecule has 1 aliphatic heterocycles. The van der Waals surface area contributed by atoms with E-state index in [9.17, 15) is 4.79 Å². The second-order valence-electron chi connectivity index (χ2n) is 7.85. The summed E-state index contributed by atoms with van der Waals surface area (Å²) in [6, 6.07) is 0.342. The summed E-state index contributed by atoms with van der Waals surface area (Å²) < 4.78 is 1.77. The van der Waals surface area contributed by atoms with E-state index in [1.807, 2.05) is 4.90 Å². The van der Waals surface area contributed by atoms with Gasteiger partial charge in [0.1, 0.15) is 0 Å². The van der Waals surface area contributed by atoms with Crippen LogP contribution in [0.4, 0.5) is 0 Å². The third-order valence-electron chi connectivity index (χ3n) is 4.28. The molecule has 0 radical (unpaired) electrons. The molecule has 0 unspecified atom stereocenters. The van der Waals surface area contributed by atoms with Crippen molar-refractivity contribution in [2.75, 3.05) is 6.54 Å². The van der Waals surface area contributed by atoms with Gasteiger partial charge < -0.3 is 4.90 Å². The lowest BCUT2D eigenvalue weighted by molar-refractivity contribution is 0.0655. The molecule has 0 aliphatic carbocycles. The highest BCUT2D eigenvalue weighted by Crippen LogP contribution is 2.24. The van der Waals surface area contributed by atoms with Crippen molar-refractivity contribution < 1.29 is 4.79 Å². The Hall–Kier alpha value is -1.39. The molecule has 0 spiro atoms. The third kappa shape index (κ3) is 4.08. The van der Waals surface area contributed by atoms with Gasteiger partial charge in [0.15, 0.2) is 5.69 Å². The van der Waals surface area contributed by atoms with Crippen LogP contribution in [0.3, 0.4) is 0 Å². The average molecular weight is 306 g/mol. The summed E-state index contributed by atoms with van der Waals surface area (Å²) in [6.45, 7) is 11.5. The highest BCUT2D eigenvalue weighted by molar-refractivity contribution is 5.92. The molecule has 1 aromatic rings. The number of aromatic nitrogens is 3. The summed E-state index contributed by atoms with van der Waals surface area (Å²) in [5.74, 6) is 0.645. The van der Waals surface area contributed by atoms with Gasteiger partial charge in [-0.05, 0) is 46.0 Å². The first kappa shape index (κ1) is 17.0. The van der Waals surface area contributed by atoms with Gasteiger partial charge in [-0.2, -0.15) is 0 Å². The van der Waals surface area contributed by atoms with Gasteiger partial charge in [-0.25, -0.2) is 4.68 Å². The fourth-order valence-electron chi connectivity index (χ4n) is 3.07. The lowest BCUT2D eigenvalue weighted by Gasteiger charge is -2.30. The van der Waals surface area contributed by atoms with E-state index in [1.54, 1.807) is 10.9 Å². The SMILES string of the molecule is CC(C)C[C@H]1CCCCCN1C(=O)c1cn(C(C)(C)C)nn1. The number of nitrogens with zero attached hydrogens (tertiary/aromatic N) is 4. The van der Waals surface area contributed by atoms with Gasteiger partial charge in [-0.15, -0.1) is 5.10 Å². The molecule has 0 aromatic carbocycles. The minimum atomic E-state index is -0.151. The summed E-state index contributed by atoms with van der Waals surface area (Å²) in [5.41, 5.74) is 0.326. The smallest absolute Gasteiger partial charge is 0.276 e. The second-order valence-corrected chi connectivity index (χ2v) is 7.85. The van der Waals surface area contributed by atoms with Gasteiger partial charge >= 0.3 is 0 Å². The molecule has 5 heteroatoms. The maximum Gasteiger partial charge on any atom is 0.276 e. The Balaban J connectivity index is 2.18. The fraction of sp³-hybridized carbons (Fsp3) is 0.824. The molecular weight excluding hydrogens is 276 g/mol. The van der Waals surface area contributed by atoms with Crippen LogP contribution in [0.2, 0.25) is 0 Å². The Bertz CT molecular complexity index is 501. The van der Waals surface area contributed by atoms with E-state index < -0.39 is 0 Å². The summed E-state index contributed by atoms with van der Waals surface area (Å²) in [4.78, 5) is 14.9. The van der Waals surface area contributed by atoms with Gasteiger partial charge in [0.25, 0.3) is 5.91 Å². The van der Waals surface area contributed by atoms with Gasteiger partial charge in [0.05, 0.1) is 11.7 Å². The minimum absolute atomic E-state index is 0.0445. The van der Waals surface area contributed by atoms with Gasteiger partial charge in [-0.3, -0.25) is 4.79 Å². The topological polar surface area (TPSA) is 51.0 Å². The average Bonchev–Trinajstić information content (AvgIpc) is 2.80. The zero-order chi connectivity index (χ0) is 16.3. The monoisotopic (exact) mass is 306 g/mol. The van der Waals surface area contributed by atoms with E-state index >= 15 is 0 Å². The molecule has 0 saturated carbocycles. The molecule has 2 rings (SSSR count). The Kier molecular flexibility index (Phi) is 5.24. The zero-order valence-corrected chi connectivity index (χ0v) is 14.7. The molecule has 0 N–H and O–H groups in total. The van der Waals surface area contributed by atoms with Crippen LogP contribution in [-0.2, 0) is 5.54 Å². The molecule has 1 aromatic heterocycles. The first-order valence-electron chi connectivity index (χ1n) is 8.53. The van der Waals surface area contributed by atoms with Gasteiger partial charge in [-0.1, -0.05) is 31.9 Å². The quantitative estimate of drug-likeness (QED) is 0.859. The predicted molar refractivity (Wildman–Crippen MR) is 87.8 cm³/mol. The highest BCUT2D eigenvalue weighted by Gasteiger charge is 2.29. The largest absolute Gasteiger partial charge is 0.334 e. The van der Waals surface area contributed by atoms with Crippen LogP contribution < -0.4 is 0 Å². The van der Waals surface area contributed by atoms with E-state index in [0.29, 0.717) is 17.7 Å². The van der Waals surface area contributed by atoms with Crippen LogP contribution >= 0.6 is 0 Å². The molecular formula is C17H30N4O. The molecule has 124 valence electrons. The van der Waals surface area contributed by atoms with Crippen LogP contribution in [0.1, 0.15) is 77.2 Å². The number of rotatable bonds is 3. The zero-order valence-electron chi connectivity index (χ0n) is 14.7. The molecule has 0 bridgehead atoms. The Labute approximate surface area is 134 Å². The van der Waals surface area contributed by atoms with Gasteiger partial charge in [0, 0.05) is 12.6 Å². The normalized spacial score (nSPS) is 20.3. The van der Waals surface area contributed by atoms with Crippen LogP contribution in [0.25, 0.3) is 0 Å². The summed E-state index contributed by atoms with van der Waals surface area (Å²) in [7, 11) is 0. The Morgan fingerprint density at radius 2 is 2.05 bits per heavy atom. The summed E-state index contributed by atoms with van der Waals surface area (Å²) in [5, 5.41) is 8.26. The number of likely N-dealkylation sites (tertiary alicyclic amines) is 1. The van der Waals surface area contributed by atoms with Crippen LogP contribution in [0.5, 0.6) is 0 Å². The van der Waals surface area contributed by atoms with E-state index in [-0.39, 0.29) is 11.4 Å². The highest BCUT2D eigenvalue weighted by atomic mass is 16.2. The van der Waals surface area contributed by atoms with Crippen LogP contribution in [0.15, 0.2) is 6.20 Å². The molecule has 1 saturated heterocycles. The van der Waals surface area contributed by atoms with E-state index in [1.165, 1.54) is 12.8 Å². The van der Waals surface area contributed by atoms with E-state index in [4.69, 9.17) is 0 Å². The van der Waals surface area contributed by atoms with Crippen LogP contribution in [0, 0.1) is 5.92 Å². The molecule has 1 fully saturated rings. The lowest BCUT2D eigenvalue weighted by atomic mass is 9.98. The number of carbonyl (C=O) groups is 1. The fourth-order valence-corrected chi connectivity index (χ4v) is 3.07. The molecule has 1 amide bonds. The standard InChI is InChI=1S/C17H30N4O/c1-13(2)11-14-9-7-6-8-10-20(14)16(22)15-12-21(19-18-15)17(3,4)5/h12-14H,6-11H2,1-5H3/t14-/m1/s1. The summed E-state index contributed by atoms with van der Waals surface area (Å²) >= 11 is 0. The van der Waals surface area contributed by atoms with Gasteiger partial charge in [0.2, 0.25) is 0 Å². The number of hydrogen-bond acceptors (Lipinski definition) is 3. The molecule has 1 aliphatic rings. The van der Waals surface area contributed by atoms with Crippen molar-refractivity contribution in [2.24, 2.45) is 5.92 Å². The van der Waals surface area contributed by atoms with Crippen molar-refractivity contribution in [3.8, 4) is 0 Å². The number of carbonyl (C=O) groups excluding carboxylic acids is 1. The van der Waals surface area contributed by atoms with Crippen molar-refractivity contribution in [3.63, 3.8) is 0 Å². The first-order valence-corrected chi connectivity index (χ1v) is 8.53. The molecule has 2 heterocycles. The third-order valence-corrected chi connectivity index (χ3v) is 4.28. The van der Waals surface area contributed by atoms with Crippen molar-refractivity contribution in [1.29, 1.82) is 0 Å². The maximum atomic E-state index is 12.9. The van der Waals surface area contributed by atoms with Crippen molar-refractivity contribution >= 4 is 5.91 Å². The van der Waals surface area contributed by atoms with E-state index in [2.05, 4.69) is 44.9 Å². The minimum Gasteiger partial charge on any atom is -0.334 e. The summed E-state index contributed by atoms with van der Waals surface area (Å²) in [6.07, 6.45) is 7.49. The van der Waals surface area contributed by atoms with Crippen molar-refractivity contribution in [3.05, 3.63) is 11.9 Å². The Morgan fingerprint density at radius 1 is 1.32 bits per heavy atom.